The summed E-state index contributed by atoms with van der Waals surface area (Å²) in [6, 6.07) is 9.30. The number of anilines is 1. The molecule has 19 heavy (non-hydrogen) atoms. The van der Waals surface area contributed by atoms with Crippen molar-refractivity contribution in [3.63, 3.8) is 0 Å². The largest absolute Gasteiger partial charge is 0.381 e. The number of benzene rings is 1. The van der Waals surface area contributed by atoms with E-state index in [1.54, 1.807) is 0 Å². The Morgan fingerprint density at radius 2 is 1.89 bits per heavy atom. The van der Waals surface area contributed by atoms with Crippen LogP contribution in [-0.2, 0) is 4.74 Å². The van der Waals surface area contributed by atoms with Crippen molar-refractivity contribution in [1.82, 2.24) is 5.32 Å². The Balaban J connectivity index is 1.93. The molecule has 106 valence electrons. The highest BCUT2D eigenvalue weighted by Gasteiger charge is 2.16. The topological polar surface area (TPSA) is 24.5 Å². The van der Waals surface area contributed by atoms with Crippen molar-refractivity contribution < 1.29 is 4.74 Å². The molecule has 0 radical (unpaired) electrons. The van der Waals surface area contributed by atoms with Gasteiger partial charge in [0.25, 0.3) is 0 Å². The summed E-state index contributed by atoms with van der Waals surface area (Å²) in [5, 5.41) is 3.27. The van der Waals surface area contributed by atoms with E-state index in [0.29, 0.717) is 6.04 Å². The predicted octanol–water partition coefficient (Wildman–Crippen LogP) is 2.83. The third-order valence-electron chi connectivity index (χ3n) is 4.14. The minimum atomic E-state index is 0.412. The first-order chi connectivity index (χ1) is 9.20. The number of rotatable bonds is 5. The highest BCUT2D eigenvalue weighted by atomic mass is 16.5. The molecule has 0 bridgehead atoms. The summed E-state index contributed by atoms with van der Waals surface area (Å²) >= 11 is 0. The summed E-state index contributed by atoms with van der Waals surface area (Å²) in [4.78, 5) is 2.36. The number of nitrogens with zero attached hydrogens (tertiary/aromatic N) is 1. The molecule has 0 amide bonds. The van der Waals surface area contributed by atoms with E-state index in [-0.39, 0.29) is 0 Å². The molecule has 1 aromatic carbocycles. The molecule has 3 nitrogen and oxygen atoms in total. The smallest absolute Gasteiger partial charge is 0.0469 e. The van der Waals surface area contributed by atoms with Gasteiger partial charge in [-0.05, 0) is 50.4 Å². The number of hydrogen-bond donors (Lipinski definition) is 1. The normalized spacial score (nSPS) is 18.3. The minimum Gasteiger partial charge on any atom is -0.381 e. The van der Waals surface area contributed by atoms with Crippen molar-refractivity contribution in [2.75, 3.05) is 38.8 Å². The van der Waals surface area contributed by atoms with Crippen LogP contribution in [0.3, 0.4) is 0 Å². The Morgan fingerprint density at radius 3 is 2.47 bits per heavy atom. The molecule has 1 aliphatic heterocycles. The van der Waals surface area contributed by atoms with Gasteiger partial charge in [0, 0.05) is 38.5 Å². The minimum absolute atomic E-state index is 0.412. The van der Waals surface area contributed by atoms with Crippen LogP contribution in [0.25, 0.3) is 0 Å². The predicted molar refractivity (Wildman–Crippen MR) is 80.7 cm³/mol. The standard InChI is InChI=1S/C16H26N2O/c1-13(17-2)15-4-6-16(7-5-15)18(3)12-14-8-10-19-11-9-14/h4-7,13-14,17H,8-12H2,1-3H3. The van der Waals surface area contributed by atoms with Gasteiger partial charge in [-0.25, -0.2) is 0 Å². The van der Waals surface area contributed by atoms with E-state index < -0.39 is 0 Å². The lowest BCUT2D eigenvalue weighted by Gasteiger charge is -2.28. The highest BCUT2D eigenvalue weighted by Crippen LogP contribution is 2.21. The molecule has 1 aliphatic rings. The Bertz CT molecular complexity index is 371. The van der Waals surface area contributed by atoms with Crippen molar-refractivity contribution in [2.45, 2.75) is 25.8 Å². The van der Waals surface area contributed by atoms with Gasteiger partial charge in [-0.2, -0.15) is 0 Å². The maximum absolute atomic E-state index is 5.42. The molecular formula is C16H26N2O. The lowest BCUT2D eigenvalue weighted by molar-refractivity contribution is 0.0685. The van der Waals surface area contributed by atoms with Crippen LogP contribution in [0.2, 0.25) is 0 Å². The van der Waals surface area contributed by atoms with Crippen LogP contribution in [0, 0.1) is 5.92 Å². The first-order valence-electron chi connectivity index (χ1n) is 7.27. The molecule has 1 fully saturated rings. The van der Waals surface area contributed by atoms with E-state index in [4.69, 9.17) is 4.74 Å². The van der Waals surface area contributed by atoms with Gasteiger partial charge < -0.3 is 15.0 Å². The molecule has 0 aromatic heterocycles. The summed E-state index contributed by atoms with van der Waals surface area (Å²) in [6.45, 7) is 5.17. The molecule has 0 aliphatic carbocycles. The van der Waals surface area contributed by atoms with Gasteiger partial charge in [0.05, 0.1) is 0 Å². The second-order valence-electron chi connectivity index (χ2n) is 5.54. The van der Waals surface area contributed by atoms with Gasteiger partial charge in [0.15, 0.2) is 0 Å². The third kappa shape index (κ3) is 3.95. The van der Waals surface area contributed by atoms with Gasteiger partial charge in [-0.3, -0.25) is 0 Å². The second-order valence-corrected chi connectivity index (χ2v) is 5.54. The molecule has 3 heteroatoms. The quantitative estimate of drug-likeness (QED) is 0.883. The van der Waals surface area contributed by atoms with E-state index in [2.05, 4.69) is 48.5 Å². The third-order valence-corrected chi connectivity index (χ3v) is 4.14. The van der Waals surface area contributed by atoms with Crippen molar-refractivity contribution in [1.29, 1.82) is 0 Å². The summed E-state index contributed by atoms with van der Waals surface area (Å²) in [5.74, 6) is 0.773. The van der Waals surface area contributed by atoms with E-state index in [1.165, 1.54) is 24.1 Å². The number of hydrogen-bond acceptors (Lipinski definition) is 3. The number of ether oxygens (including phenoxy) is 1. The number of nitrogens with one attached hydrogen (secondary N) is 1. The summed E-state index contributed by atoms with van der Waals surface area (Å²) in [6.07, 6.45) is 2.39. The maximum Gasteiger partial charge on any atom is 0.0469 e. The van der Waals surface area contributed by atoms with Crippen LogP contribution in [0.15, 0.2) is 24.3 Å². The maximum atomic E-state index is 5.42. The highest BCUT2D eigenvalue weighted by molar-refractivity contribution is 5.47. The van der Waals surface area contributed by atoms with Gasteiger partial charge in [0.2, 0.25) is 0 Å². The summed E-state index contributed by atoms with van der Waals surface area (Å²) < 4.78 is 5.42. The Kier molecular flexibility index (Phi) is 5.23. The Hall–Kier alpha value is -1.06. The Labute approximate surface area is 116 Å². The lowest BCUT2D eigenvalue weighted by atomic mass is 9.99. The van der Waals surface area contributed by atoms with Crippen LogP contribution < -0.4 is 10.2 Å². The molecule has 1 saturated heterocycles. The molecule has 1 N–H and O–H groups in total. The van der Waals surface area contributed by atoms with Gasteiger partial charge in [0.1, 0.15) is 0 Å². The van der Waals surface area contributed by atoms with Crippen molar-refractivity contribution in [2.24, 2.45) is 5.92 Å². The van der Waals surface area contributed by atoms with Crippen molar-refractivity contribution in [3.05, 3.63) is 29.8 Å². The first-order valence-corrected chi connectivity index (χ1v) is 7.27. The lowest BCUT2D eigenvalue weighted by Crippen LogP contribution is -2.29. The molecular weight excluding hydrogens is 236 g/mol. The molecule has 2 rings (SSSR count). The fourth-order valence-electron chi connectivity index (χ4n) is 2.61. The molecule has 0 saturated carbocycles. The fraction of sp³-hybridized carbons (Fsp3) is 0.625. The summed E-state index contributed by atoms with van der Waals surface area (Å²) in [5.41, 5.74) is 2.64. The molecule has 1 unspecified atom stereocenters. The van der Waals surface area contributed by atoms with E-state index in [9.17, 15) is 0 Å². The zero-order chi connectivity index (χ0) is 13.7. The monoisotopic (exact) mass is 262 g/mol. The SMILES string of the molecule is CNC(C)c1ccc(N(C)CC2CCOCC2)cc1. The van der Waals surface area contributed by atoms with E-state index in [0.717, 1.165) is 25.7 Å². The zero-order valence-corrected chi connectivity index (χ0v) is 12.4. The Morgan fingerprint density at radius 1 is 1.26 bits per heavy atom. The van der Waals surface area contributed by atoms with Crippen molar-refractivity contribution >= 4 is 5.69 Å². The van der Waals surface area contributed by atoms with Crippen LogP contribution in [0.4, 0.5) is 5.69 Å². The summed E-state index contributed by atoms with van der Waals surface area (Å²) in [7, 11) is 4.18. The van der Waals surface area contributed by atoms with Gasteiger partial charge in [-0.15, -0.1) is 0 Å². The van der Waals surface area contributed by atoms with Crippen LogP contribution in [-0.4, -0.2) is 33.9 Å². The fourth-order valence-corrected chi connectivity index (χ4v) is 2.61. The van der Waals surface area contributed by atoms with Crippen molar-refractivity contribution in [3.8, 4) is 0 Å². The average molecular weight is 262 g/mol. The van der Waals surface area contributed by atoms with Crippen LogP contribution in [0.1, 0.15) is 31.4 Å². The first kappa shape index (κ1) is 14.4. The van der Waals surface area contributed by atoms with Crippen LogP contribution in [0.5, 0.6) is 0 Å². The van der Waals surface area contributed by atoms with Crippen LogP contribution >= 0.6 is 0 Å². The second kappa shape index (κ2) is 6.92. The molecule has 0 spiro atoms. The van der Waals surface area contributed by atoms with E-state index in [1.807, 2.05) is 7.05 Å². The zero-order valence-electron chi connectivity index (χ0n) is 12.4. The van der Waals surface area contributed by atoms with Gasteiger partial charge >= 0.3 is 0 Å². The average Bonchev–Trinajstić information content (AvgIpc) is 2.47. The molecule has 1 aromatic rings. The van der Waals surface area contributed by atoms with E-state index >= 15 is 0 Å². The molecule has 1 heterocycles. The molecule has 1 atom stereocenters. The van der Waals surface area contributed by atoms with Gasteiger partial charge in [-0.1, -0.05) is 12.1 Å².